The summed E-state index contributed by atoms with van der Waals surface area (Å²) < 4.78 is 1.84. The zero-order valence-corrected chi connectivity index (χ0v) is 17.1. The third kappa shape index (κ3) is 3.95. The van der Waals surface area contributed by atoms with E-state index in [4.69, 9.17) is 4.98 Å². The topological polar surface area (TPSA) is 96.1 Å². The van der Waals surface area contributed by atoms with E-state index in [9.17, 15) is 10.2 Å². The van der Waals surface area contributed by atoms with E-state index in [1.807, 2.05) is 36.0 Å². The van der Waals surface area contributed by atoms with E-state index in [1.165, 1.54) is 18.4 Å². The first-order valence-corrected chi connectivity index (χ1v) is 10.7. The highest BCUT2D eigenvalue weighted by Crippen LogP contribution is 2.40. The van der Waals surface area contributed by atoms with Crippen molar-refractivity contribution >= 4 is 11.6 Å². The van der Waals surface area contributed by atoms with Crippen molar-refractivity contribution in [2.75, 3.05) is 5.32 Å². The maximum atomic E-state index is 11.0. The third-order valence-corrected chi connectivity index (χ3v) is 6.15. The van der Waals surface area contributed by atoms with Gasteiger partial charge in [0, 0.05) is 12.4 Å². The number of pyridine rings is 2. The first kappa shape index (κ1) is 19.2. The van der Waals surface area contributed by atoms with Gasteiger partial charge in [-0.05, 0) is 86.8 Å². The van der Waals surface area contributed by atoms with E-state index in [0.29, 0.717) is 37.3 Å². The number of aliphatic hydroxyl groups excluding tert-OH is 1. The summed E-state index contributed by atoms with van der Waals surface area (Å²) in [5.74, 6) is 2.92. The van der Waals surface area contributed by atoms with Gasteiger partial charge in [0.05, 0.1) is 11.8 Å². The summed E-state index contributed by atoms with van der Waals surface area (Å²) in [6.07, 6.45) is 9.77. The number of imidazole rings is 1. The lowest BCUT2D eigenvalue weighted by molar-refractivity contribution is -0.0389. The predicted octanol–water partition coefficient (Wildman–Crippen LogP) is 3.71. The molecular formula is C23H27N5O2. The molecule has 7 heteroatoms. The lowest BCUT2D eigenvalue weighted by Gasteiger charge is -2.32. The highest BCUT2D eigenvalue weighted by atomic mass is 16.3. The standard InChI is InChI=1S/C23H27N5O2/c1-15-10-21(26-20-12-17(6-9-24-20)16-2-3-16)27-22(11-15)28-13-19(25-14-28)23(30)7-4-18(29)5-8-23/h6,9-14,16,18,29-30H,2-5,7-8H2,1H3,(H,24,26,27)/t18-,23-. The molecule has 0 radical (unpaired) electrons. The number of anilines is 2. The molecule has 0 bridgehead atoms. The van der Waals surface area contributed by atoms with Crippen molar-refractivity contribution in [2.24, 2.45) is 0 Å². The number of rotatable bonds is 5. The predicted molar refractivity (Wildman–Crippen MR) is 114 cm³/mol. The van der Waals surface area contributed by atoms with E-state index in [0.717, 1.165) is 23.0 Å². The van der Waals surface area contributed by atoms with Gasteiger partial charge in [0.15, 0.2) is 0 Å². The molecule has 7 nitrogen and oxygen atoms in total. The minimum Gasteiger partial charge on any atom is -0.393 e. The van der Waals surface area contributed by atoms with Crippen LogP contribution in [0.4, 0.5) is 11.6 Å². The quantitative estimate of drug-likeness (QED) is 0.599. The van der Waals surface area contributed by atoms with E-state index in [-0.39, 0.29) is 6.10 Å². The maximum Gasteiger partial charge on any atom is 0.140 e. The van der Waals surface area contributed by atoms with Gasteiger partial charge in [0.2, 0.25) is 0 Å². The van der Waals surface area contributed by atoms with Crippen LogP contribution in [-0.4, -0.2) is 35.8 Å². The van der Waals surface area contributed by atoms with Crippen LogP contribution >= 0.6 is 0 Å². The first-order chi connectivity index (χ1) is 14.5. The first-order valence-electron chi connectivity index (χ1n) is 10.7. The van der Waals surface area contributed by atoms with E-state index in [1.54, 1.807) is 6.33 Å². The molecule has 30 heavy (non-hydrogen) atoms. The zero-order valence-electron chi connectivity index (χ0n) is 17.1. The Morgan fingerprint density at radius 3 is 2.63 bits per heavy atom. The Hall–Kier alpha value is -2.77. The van der Waals surface area contributed by atoms with Gasteiger partial charge < -0.3 is 15.5 Å². The number of hydrogen-bond donors (Lipinski definition) is 3. The molecule has 3 heterocycles. The molecule has 156 valence electrons. The van der Waals surface area contributed by atoms with E-state index >= 15 is 0 Å². The van der Waals surface area contributed by atoms with Crippen molar-refractivity contribution in [3.63, 3.8) is 0 Å². The monoisotopic (exact) mass is 405 g/mol. The van der Waals surface area contributed by atoms with Crippen molar-refractivity contribution in [3.05, 3.63) is 59.8 Å². The Kier molecular flexibility index (Phi) is 4.79. The average molecular weight is 406 g/mol. The molecule has 2 saturated carbocycles. The Morgan fingerprint density at radius 1 is 1.07 bits per heavy atom. The van der Waals surface area contributed by atoms with E-state index < -0.39 is 5.60 Å². The molecule has 0 saturated heterocycles. The molecule has 3 N–H and O–H groups in total. The van der Waals surface area contributed by atoms with Crippen LogP contribution < -0.4 is 5.32 Å². The largest absolute Gasteiger partial charge is 0.393 e. The fourth-order valence-electron chi connectivity index (χ4n) is 4.19. The molecule has 0 atom stereocenters. The molecule has 0 spiro atoms. The van der Waals surface area contributed by atoms with Crippen LogP contribution in [0.15, 0.2) is 43.0 Å². The Labute approximate surface area is 175 Å². The average Bonchev–Trinajstić information content (AvgIpc) is 3.46. The normalized spacial score (nSPS) is 24.0. The number of nitrogens with one attached hydrogen (secondary N) is 1. The van der Waals surface area contributed by atoms with E-state index in [2.05, 4.69) is 27.4 Å². The number of aliphatic hydroxyl groups is 2. The van der Waals surface area contributed by atoms with Gasteiger partial charge in [0.25, 0.3) is 0 Å². The summed E-state index contributed by atoms with van der Waals surface area (Å²) in [4.78, 5) is 13.6. The summed E-state index contributed by atoms with van der Waals surface area (Å²) in [5, 5.41) is 24.0. The molecule has 0 aromatic carbocycles. The molecule has 3 aromatic heterocycles. The summed E-state index contributed by atoms with van der Waals surface area (Å²) in [6, 6.07) is 8.16. The van der Waals surface area contributed by atoms with Crippen molar-refractivity contribution in [3.8, 4) is 5.82 Å². The van der Waals surface area contributed by atoms with Crippen LogP contribution in [0.25, 0.3) is 5.82 Å². The SMILES string of the molecule is Cc1cc(Nc2cc(C3CC3)ccn2)nc(-n2cnc([C@]3(O)CC[C@H](O)CC3)c2)c1. The Bertz CT molecular complexity index is 1050. The minimum atomic E-state index is -0.984. The van der Waals surface area contributed by atoms with Gasteiger partial charge in [-0.2, -0.15) is 0 Å². The van der Waals surface area contributed by atoms with Crippen molar-refractivity contribution in [1.29, 1.82) is 0 Å². The lowest BCUT2D eigenvalue weighted by atomic mass is 9.81. The van der Waals surface area contributed by atoms with Crippen LogP contribution in [0.2, 0.25) is 0 Å². The Balaban J connectivity index is 1.39. The molecule has 0 aliphatic heterocycles. The molecule has 0 amide bonds. The smallest absolute Gasteiger partial charge is 0.140 e. The minimum absolute atomic E-state index is 0.327. The number of aryl methyl sites for hydroxylation is 1. The number of nitrogens with zero attached hydrogens (tertiary/aromatic N) is 4. The third-order valence-electron chi connectivity index (χ3n) is 6.15. The fourth-order valence-corrected chi connectivity index (χ4v) is 4.19. The molecule has 0 unspecified atom stereocenters. The molecule has 3 aromatic rings. The molecule has 2 aliphatic rings. The van der Waals surface area contributed by atoms with Gasteiger partial charge in [-0.25, -0.2) is 15.0 Å². The second-order valence-corrected chi connectivity index (χ2v) is 8.69. The number of hydrogen-bond acceptors (Lipinski definition) is 6. The zero-order chi connectivity index (χ0) is 20.7. The highest BCUT2D eigenvalue weighted by Gasteiger charge is 2.36. The molecule has 2 fully saturated rings. The fraction of sp³-hybridized carbons (Fsp3) is 0.435. The molecule has 5 rings (SSSR count). The lowest BCUT2D eigenvalue weighted by Crippen LogP contribution is -2.33. The summed E-state index contributed by atoms with van der Waals surface area (Å²) in [5.41, 5.74) is 2.04. The summed E-state index contributed by atoms with van der Waals surface area (Å²) >= 11 is 0. The Morgan fingerprint density at radius 2 is 1.87 bits per heavy atom. The number of aromatic nitrogens is 4. The van der Waals surface area contributed by atoms with Crippen LogP contribution in [0.1, 0.15) is 61.3 Å². The second kappa shape index (κ2) is 7.49. The van der Waals surface area contributed by atoms with Crippen molar-refractivity contribution < 1.29 is 10.2 Å². The van der Waals surface area contributed by atoms with Crippen molar-refractivity contribution in [2.45, 2.75) is 63.1 Å². The van der Waals surface area contributed by atoms with Crippen LogP contribution in [0.5, 0.6) is 0 Å². The summed E-state index contributed by atoms with van der Waals surface area (Å²) in [6.45, 7) is 2.03. The summed E-state index contributed by atoms with van der Waals surface area (Å²) in [7, 11) is 0. The van der Waals surface area contributed by atoms with Crippen LogP contribution in [0, 0.1) is 6.92 Å². The molecular weight excluding hydrogens is 378 g/mol. The van der Waals surface area contributed by atoms with Crippen LogP contribution in [0.3, 0.4) is 0 Å². The van der Waals surface area contributed by atoms with Gasteiger partial charge in [-0.3, -0.25) is 4.57 Å². The van der Waals surface area contributed by atoms with Gasteiger partial charge in [0.1, 0.15) is 29.4 Å². The van der Waals surface area contributed by atoms with Crippen molar-refractivity contribution in [1.82, 2.24) is 19.5 Å². The maximum absolute atomic E-state index is 11.0. The molecule has 2 aliphatic carbocycles. The second-order valence-electron chi connectivity index (χ2n) is 8.69. The van der Waals surface area contributed by atoms with Gasteiger partial charge in [-0.15, -0.1) is 0 Å². The van der Waals surface area contributed by atoms with Gasteiger partial charge >= 0.3 is 0 Å². The highest BCUT2D eigenvalue weighted by molar-refractivity contribution is 5.55. The van der Waals surface area contributed by atoms with Crippen LogP contribution in [-0.2, 0) is 5.60 Å². The van der Waals surface area contributed by atoms with Gasteiger partial charge in [-0.1, -0.05) is 0 Å².